The van der Waals surface area contributed by atoms with E-state index in [4.69, 9.17) is 20.4 Å². The fourth-order valence-corrected chi connectivity index (χ4v) is 1.36. The Morgan fingerprint density at radius 1 is 0.929 bits per heavy atom. The Labute approximate surface area is 79.8 Å². The largest absolute Gasteiger partial charge is 0.393 e. The summed E-state index contributed by atoms with van der Waals surface area (Å²) in [4.78, 5) is 0. The zero-order chi connectivity index (χ0) is 10.9. The van der Waals surface area contributed by atoms with E-state index < -0.39 is 43.4 Å². The van der Waals surface area contributed by atoms with Gasteiger partial charge in [0.1, 0.15) is 23.9 Å². The Bertz CT molecular complexity index is 192. The zero-order valence-electron chi connectivity index (χ0n) is 7.32. The number of hydrogen-bond acceptors (Lipinski definition) is 7. The van der Waals surface area contributed by atoms with E-state index in [2.05, 4.69) is 4.74 Å². The summed E-state index contributed by atoms with van der Waals surface area (Å²) in [5.41, 5.74) is -1.85. The Morgan fingerprint density at radius 3 is 1.86 bits per heavy atom. The lowest BCUT2D eigenvalue weighted by Crippen LogP contribution is -2.67. The average molecular weight is 210 g/mol. The molecule has 7 nitrogen and oxygen atoms in total. The summed E-state index contributed by atoms with van der Waals surface area (Å²) in [6.07, 6.45) is -6.78. The van der Waals surface area contributed by atoms with Crippen LogP contribution in [0.25, 0.3) is 0 Å². The average Bonchev–Trinajstić information content (AvgIpc) is 2.21. The molecule has 0 saturated carbocycles. The van der Waals surface area contributed by atoms with E-state index in [9.17, 15) is 10.2 Å². The van der Waals surface area contributed by atoms with Gasteiger partial charge in [-0.15, -0.1) is 0 Å². The highest BCUT2D eigenvalue weighted by Gasteiger charge is 2.52. The molecule has 0 aromatic rings. The van der Waals surface area contributed by atoms with Gasteiger partial charge in [-0.2, -0.15) is 0 Å². The molecule has 0 spiro atoms. The van der Waals surface area contributed by atoms with Crippen molar-refractivity contribution in [3.05, 3.63) is 0 Å². The summed E-state index contributed by atoms with van der Waals surface area (Å²) < 4.78 is 4.66. The number of ether oxygens (including phenoxy) is 1. The van der Waals surface area contributed by atoms with Gasteiger partial charge in [0.25, 0.3) is 0 Å². The third-order valence-corrected chi connectivity index (χ3v) is 2.40. The smallest absolute Gasteiger partial charge is 0.184 e. The lowest BCUT2D eigenvalue weighted by molar-refractivity contribution is -0.333. The second-order valence-electron chi connectivity index (χ2n) is 3.32. The molecule has 1 fully saturated rings. The minimum absolute atomic E-state index is 0.786. The van der Waals surface area contributed by atoms with Gasteiger partial charge in [-0.05, 0) is 0 Å². The van der Waals surface area contributed by atoms with E-state index in [0.717, 1.165) is 0 Å². The van der Waals surface area contributed by atoms with Crippen LogP contribution < -0.4 is 0 Å². The lowest BCUT2D eigenvalue weighted by Gasteiger charge is -2.45. The van der Waals surface area contributed by atoms with E-state index in [-0.39, 0.29) is 0 Å². The first-order chi connectivity index (χ1) is 6.48. The van der Waals surface area contributed by atoms with Crippen LogP contribution in [0.15, 0.2) is 0 Å². The molecule has 0 radical (unpaired) electrons. The molecular weight excluding hydrogens is 196 g/mol. The van der Waals surface area contributed by atoms with Crippen LogP contribution in [0.3, 0.4) is 0 Å². The van der Waals surface area contributed by atoms with E-state index in [1.54, 1.807) is 0 Å². The van der Waals surface area contributed by atoms with Crippen LogP contribution in [-0.2, 0) is 4.74 Å². The molecule has 6 N–H and O–H groups in total. The second kappa shape index (κ2) is 4.07. The van der Waals surface area contributed by atoms with Crippen molar-refractivity contribution >= 4 is 0 Å². The predicted octanol–water partition coefficient (Wildman–Crippen LogP) is -3.86. The van der Waals surface area contributed by atoms with Gasteiger partial charge < -0.3 is 35.4 Å². The molecule has 1 heterocycles. The van der Waals surface area contributed by atoms with E-state index in [1.807, 2.05) is 0 Å². The molecule has 0 aromatic heterocycles. The van der Waals surface area contributed by atoms with Gasteiger partial charge in [-0.25, -0.2) is 0 Å². The summed E-state index contributed by atoms with van der Waals surface area (Å²) in [5, 5.41) is 54.6. The first kappa shape index (κ1) is 11.8. The van der Waals surface area contributed by atoms with Crippen LogP contribution in [0, 0.1) is 0 Å². The summed E-state index contributed by atoms with van der Waals surface area (Å²) in [5.74, 6) is 0. The minimum Gasteiger partial charge on any atom is -0.393 e. The molecule has 1 unspecified atom stereocenters. The minimum atomic E-state index is -1.85. The quantitative estimate of drug-likeness (QED) is 0.275. The van der Waals surface area contributed by atoms with Gasteiger partial charge in [0.05, 0.1) is 13.2 Å². The SMILES string of the molecule is OCC1(CO)OC(O)[C@H](O)[C@@H](O)[C@@H]1O. The molecule has 84 valence electrons. The van der Waals surface area contributed by atoms with Crippen LogP contribution in [0.5, 0.6) is 0 Å². The van der Waals surface area contributed by atoms with Gasteiger partial charge in [0.15, 0.2) is 6.29 Å². The molecular formula is C7H14O7. The maximum atomic E-state index is 9.41. The maximum Gasteiger partial charge on any atom is 0.184 e. The fourth-order valence-electron chi connectivity index (χ4n) is 1.36. The third-order valence-electron chi connectivity index (χ3n) is 2.40. The topological polar surface area (TPSA) is 131 Å². The van der Waals surface area contributed by atoms with E-state index >= 15 is 0 Å². The van der Waals surface area contributed by atoms with Crippen molar-refractivity contribution < 1.29 is 35.4 Å². The molecule has 14 heavy (non-hydrogen) atoms. The van der Waals surface area contributed by atoms with Gasteiger partial charge in [-0.3, -0.25) is 0 Å². The van der Waals surface area contributed by atoms with E-state index in [1.165, 1.54) is 0 Å². The highest BCUT2D eigenvalue weighted by Crippen LogP contribution is 2.28. The molecule has 0 aromatic carbocycles. The van der Waals surface area contributed by atoms with Crippen molar-refractivity contribution in [3.63, 3.8) is 0 Å². The molecule has 4 atom stereocenters. The number of hydrogen-bond donors (Lipinski definition) is 6. The second-order valence-corrected chi connectivity index (χ2v) is 3.32. The normalized spacial score (nSPS) is 42.4. The summed E-state index contributed by atoms with van der Waals surface area (Å²) in [6, 6.07) is 0. The van der Waals surface area contributed by atoms with E-state index in [0.29, 0.717) is 0 Å². The molecule has 0 amide bonds. The summed E-state index contributed by atoms with van der Waals surface area (Å²) in [7, 11) is 0. The fraction of sp³-hybridized carbons (Fsp3) is 1.00. The Kier molecular flexibility index (Phi) is 3.43. The highest BCUT2D eigenvalue weighted by atomic mass is 16.7. The van der Waals surface area contributed by atoms with Crippen LogP contribution >= 0.6 is 0 Å². The molecule has 1 aliphatic rings. The van der Waals surface area contributed by atoms with Crippen LogP contribution in [0.2, 0.25) is 0 Å². The Hall–Kier alpha value is -0.280. The van der Waals surface area contributed by atoms with Crippen LogP contribution in [0.1, 0.15) is 0 Å². The third kappa shape index (κ3) is 1.63. The van der Waals surface area contributed by atoms with Crippen molar-refractivity contribution in [3.8, 4) is 0 Å². The van der Waals surface area contributed by atoms with Crippen LogP contribution in [0.4, 0.5) is 0 Å². The van der Waals surface area contributed by atoms with Crippen molar-refractivity contribution in [2.24, 2.45) is 0 Å². The molecule has 7 heteroatoms. The first-order valence-electron chi connectivity index (χ1n) is 4.10. The number of rotatable bonds is 2. The highest BCUT2D eigenvalue weighted by molar-refractivity contribution is 4.99. The van der Waals surface area contributed by atoms with Crippen molar-refractivity contribution in [1.29, 1.82) is 0 Å². The molecule has 1 aliphatic heterocycles. The van der Waals surface area contributed by atoms with Gasteiger partial charge >= 0.3 is 0 Å². The first-order valence-corrected chi connectivity index (χ1v) is 4.10. The van der Waals surface area contributed by atoms with Gasteiger partial charge in [-0.1, -0.05) is 0 Å². The summed E-state index contributed by atoms with van der Waals surface area (Å²) in [6.45, 7) is -1.57. The predicted molar refractivity (Wildman–Crippen MR) is 42.0 cm³/mol. The molecule has 0 aliphatic carbocycles. The monoisotopic (exact) mass is 210 g/mol. The molecule has 0 bridgehead atoms. The molecule has 1 saturated heterocycles. The lowest BCUT2D eigenvalue weighted by atomic mass is 9.88. The Balaban J connectivity index is 2.88. The zero-order valence-corrected chi connectivity index (χ0v) is 7.32. The van der Waals surface area contributed by atoms with Crippen molar-refractivity contribution in [1.82, 2.24) is 0 Å². The standard InChI is InChI=1S/C7H14O7/c8-1-7(2-9)5(12)3(10)4(11)6(13)14-7/h3-6,8-13H,1-2H2/t3-,4-,5+,6?/m1/s1. The number of aliphatic hydroxyl groups excluding tert-OH is 6. The maximum absolute atomic E-state index is 9.41. The van der Waals surface area contributed by atoms with Crippen LogP contribution in [-0.4, -0.2) is 74.1 Å². The van der Waals surface area contributed by atoms with Crippen molar-refractivity contribution in [2.75, 3.05) is 13.2 Å². The molecule has 1 rings (SSSR count). The number of aliphatic hydroxyl groups is 6. The van der Waals surface area contributed by atoms with Gasteiger partial charge in [0.2, 0.25) is 0 Å². The summed E-state index contributed by atoms with van der Waals surface area (Å²) >= 11 is 0. The van der Waals surface area contributed by atoms with Crippen molar-refractivity contribution in [2.45, 2.75) is 30.2 Å². The van der Waals surface area contributed by atoms with Gasteiger partial charge in [0, 0.05) is 0 Å². The Morgan fingerprint density at radius 2 is 1.43 bits per heavy atom.